The number of amides is 1. The van der Waals surface area contributed by atoms with Gasteiger partial charge in [-0.2, -0.15) is 13.2 Å². The first-order valence-electron chi connectivity index (χ1n) is 12.2. The number of methoxy groups -OCH3 is 2. The Balaban J connectivity index is 1.46. The highest BCUT2D eigenvalue weighted by atomic mass is 19.4. The van der Waals surface area contributed by atoms with Crippen LogP contribution in [0.3, 0.4) is 0 Å². The molecule has 208 valence electrons. The van der Waals surface area contributed by atoms with E-state index in [-0.39, 0.29) is 29.0 Å². The molecule has 12 heteroatoms. The van der Waals surface area contributed by atoms with Gasteiger partial charge < -0.3 is 19.5 Å². The Morgan fingerprint density at radius 3 is 2.42 bits per heavy atom. The number of rotatable bonds is 5. The van der Waals surface area contributed by atoms with Crippen LogP contribution in [-0.2, 0) is 0 Å². The molecule has 0 saturated carbocycles. The minimum Gasteiger partial charge on any atom is -0.493 e. The van der Waals surface area contributed by atoms with Gasteiger partial charge in [0, 0.05) is 28.4 Å². The van der Waals surface area contributed by atoms with Crippen LogP contribution in [0.1, 0.15) is 19.0 Å². The maximum absolute atomic E-state index is 15.7. The van der Waals surface area contributed by atoms with E-state index in [0.29, 0.717) is 33.8 Å². The summed E-state index contributed by atoms with van der Waals surface area (Å²) in [6.07, 6.45) is -0.946. The minimum atomic E-state index is -4.44. The summed E-state index contributed by atoms with van der Waals surface area (Å²) in [5, 5.41) is 3.23. The fourth-order valence-corrected chi connectivity index (χ4v) is 4.77. The summed E-state index contributed by atoms with van der Waals surface area (Å²) in [7, 11) is 2.97. The molecule has 4 aromatic rings. The van der Waals surface area contributed by atoms with Gasteiger partial charge in [0.1, 0.15) is 6.33 Å². The van der Waals surface area contributed by atoms with Gasteiger partial charge in [-0.25, -0.2) is 19.2 Å². The zero-order chi connectivity index (χ0) is 28.8. The van der Waals surface area contributed by atoms with Gasteiger partial charge in [0.25, 0.3) is 0 Å². The number of ether oxygens (including phenoxy) is 3. The molecule has 8 nitrogen and oxygen atoms in total. The zero-order valence-electron chi connectivity index (χ0n) is 21.9. The zero-order valence-corrected chi connectivity index (χ0v) is 21.9. The molecule has 1 N–H and O–H groups in total. The molecule has 0 aliphatic heterocycles. The molecule has 2 aromatic heterocycles. The van der Waals surface area contributed by atoms with Crippen LogP contribution in [0.4, 0.5) is 22.4 Å². The molecule has 1 aliphatic rings. The smallest absolute Gasteiger partial charge is 0.412 e. The fraction of sp³-hybridized carbons (Fsp3) is 0.250. The monoisotopic (exact) mass is 556 g/mol. The number of carbonyl (C=O) groups excluding carboxylic acids is 1. The second kappa shape index (κ2) is 10.2. The number of nitrogens with one attached hydrogen (secondary N) is 1. The second-order valence-corrected chi connectivity index (χ2v) is 9.28. The van der Waals surface area contributed by atoms with Crippen molar-refractivity contribution in [1.29, 1.82) is 0 Å². The van der Waals surface area contributed by atoms with E-state index >= 15 is 4.39 Å². The minimum absolute atomic E-state index is 0.00519. The van der Waals surface area contributed by atoms with E-state index in [0.717, 1.165) is 6.08 Å². The Morgan fingerprint density at radius 1 is 1.02 bits per heavy atom. The number of benzene rings is 2. The quantitative estimate of drug-likeness (QED) is 0.272. The fourth-order valence-electron chi connectivity index (χ4n) is 4.77. The van der Waals surface area contributed by atoms with Gasteiger partial charge in [-0.3, -0.25) is 4.57 Å². The number of carbonyl (C=O) groups is 1. The molecule has 40 heavy (non-hydrogen) atoms. The van der Waals surface area contributed by atoms with Crippen molar-refractivity contribution < 1.29 is 36.6 Å². The summed E-state index contributed by atoms with van der Waals surface area (Å²) in [6.45, 7) is 3.07. The highest BCUT2D eigenvalue weighted by Crippen LogP contribution is 2.38. The number of hydrogen-bond donors (Lipinski definition) is 1. The van der Waals surface area contributed by atoms with Gasteiger partial charge in [0.15, 0.2) is 23.1 Å². The van der Waals surface area contributed by atoms with Crippen molar-refractivity contribution in [3.8, 4) is 23.1 Å². The number of hydrogen-bond acceptors (Lipinski definition) is 6. The maximum atomic E-state index is 15.7. The number of halogens is 4. The van der Waals surface area contributed by atoms with E-state index in [1.807, 2.05) is 0 Å². The lowest BCUT2D eigenvalue weighted by atomic mass is 9.91. The van der Waals surface area contributed by atoms with Crippen LogP contribution in [0, 0.1) is 18.7 Å². The average Bonchev–Trinajstić information content (AvgIpc) is 3.25. The molecular weight excluding hydrogens is 532 g/mol. The van der Waals surface area contributed by atoms with Gasteiger partial charge in [0.2, 0.25) is 5.88 Å². The second-order valence-electron chi connectivity index (χ2n) is 9.28. The number of aromatic nitrogens is 3. The lowest BCUT2D eigenvalue weighted by Crippen LogP contribution is -2.31. The van der Waals surface area contributed by atoms with Gasteiger partial charge in [-0.1, -0.05) is 13.0 Å². The first kappa shape index (κ1) is 27.0. The first-order valence-corrected chi connectivity index (χ1v) is 12.2. The van der Waals surface area contributed by atoms with Crippen LogP contribution >= 0.6 is 0 Å². The van der Waals surface area contributed by atoms with Gasteiger partial charge in [-0.05, 0) is 49.6 Å². The number of nitrogens with zero attached hydrogens (tertiary/aromatic N) is 3. The van der Waals surface area contributed by atoms with Crippen LogP contribution in [0.5, 0.6) is 23.1 Å². The summed E-state index contributed by atoms with van der Waals surface area (Å²) in [5.74, 6) is -0.716. The van der Waals surface area contributed by atoms with E-state index in [9.17, 15) is 18.0 Å². The van der Waals surface area contributed by atoms with Crippen molar-refractivity contribution in [3.05, 3.63) is 71.6 Å². The van der Waals surface area contributed by atoms with Gasteiger partial charge in [0.05, 0.1) is 30.6 Å². The Hall–Kier alpha value is -4.61. The molecule has 1 aliphatic carbocycles. The number of allylic oxidation sites excluding steroid dienone is 4. The highest BCUT2D eigenvalue weighted by molar-refractivity contribution is 5.94. The van der Waals surface area contributed by atoms with E-state index < -0.39 is 29.5 Å². The van der Waals surface area contributed by atoms with Crippen LogP contribution in [0.25, 0.3) is 21.8 Å². The van der Waals surface area contributed by atoms with E-state index in [1.54, 1.807) is 19.1 Å². The highest BCUT2D eigenvalue weighted by Gasteiger charge is 2.38. The first-order chi connectivity index (χ1) is 19.0. The number of fused-ring (bicyclic) bond motifs is 2. The van der Waals surface area contributed by atoms with E-state index in [4.69, 9.17) is 14.2 Å². The van der Waals surface area contributed by atoms with Gasteiger partial charge >= 0.3 is 12.2 Å². The van der Waals surface area contributed by atoms with Crippen molar-refractivity contribution >= 4 is 27.8 Å². The number of alkyl halides is 3. The van der Waals surface area contributed by atoms with Crippen LogP contribution < -0.4 is 19.5 Å². The molecule has 5 rings (SSSR count). The predicted molar refractivity (Wildman–Crippen MR) is 139 cm³/mol. The van der Waals surface area contributed by atoms with Crippen molar-refractivity contribution in [1.82, 2.24) is 19.9 Å². The Bertz CT molecular complexity index is 1710. The molecule has 0 radical (unpaired) electrons. The lowest BCUT2D eigenvalue weighted by Gasteiger charge is -2.24. The average molecular weight is 557 g/mol. The molecule has 1 unspecified atom stereocenters. The van der Waals surface area contributed by atoms with Crippen molar-refractivity contribution in [2.24, 2.45) is 5.92 Å². The SMILES string of the molecule is COc1cc2ncnc(Oc3ccc4c(cc(C)n4C(=O)NC4=CC=C(C(F)(F)F)C(C)C4)c3F)c2cc1OC. The summed E-state index contributed by atoms with van der Waals surface area (Å²) >= 11 is 0. The summed E-state index contributed by atoms with van der Waals surface area (Å²) in [6, 6.07) is 7.03. The van der Waals surface area contributed by atoms with Crippen molar-refractivity contribution in [3.63, 3.8) is 0 Å². The Morgan fingerprint density at radius 2 is 1.75 bits per heavy atom. The Kier molecular flexibility index (Phi) is 6.86. The molecule has 0 saturated heterocycles. The lowest BCUT2D eigenvalue weighted by molar-refractivity contribution is -0.0985. The van der Waals surface area contributed by atoms with Crippen molar-refractivity contribution in [2.75, 3.05) is 14.2 Å². The Labute approximate surface area is 225 Å². The molecule has 1 amide bonds. The molecule has 2 aromatic carbocycles. The standard InChI is InChI=1S/C28H24F4N4O4/c1-14-9-16(5-6-19(14)28(30,31)32)35-27(37)36-15(2)10-18-21(36)7-8-22(25(18)29)40-26-17-11-23(38-3)24(39-4)12-20(17)33-13-34-26/h5-8,10-14H,9H2,1-4H3,(H,35,37). The molecule has 0 bridgehead atoms. The third-order valence-corrected chi connectivity index (χ3v) is 6.70. The largest absolute Gasteiger partial charge is 0.493 e. The molecule has 1 atom stereocenters. The van der Waals surface area contributed by atoms with Crippen LogP contribution in [-0.4, -0.2) is 41.0 Å². The summed E-state index contributed by atoms with van der Waals surface area (Å²) in [4.78, 5) is 21.5. The predicted octanol–water partition coefficient (Wildman–Crippen LogP) is 6.81. The maximum Gasteiger partial charge on any atom is 0.412 e. The van der Waals surface area contributed by atoms with Crippen LogP contribution in [0.2, 0.25) is 0 Å². The van der Waals surface area contributed by atoms with E-state index in [1.165, 1.54) is 56.3 Å². The molecular formula is C28H24F4N4O4. The topological polar surface area (TPSA) is 87.5 Å². The van der Waals surface area contributed by atoms with Crippen molar-refractivity contribution in [2.45, 2.75) is 26.4 Å². The third kappa shape index (κ3) is 4.80. The molecule has 0 fully saturated rings. The normalized spacial score (nSPS) is 15.6. The van der Waals surface area contributed by atoms with Crippen LogP contribution in [0.15, 0.2) is 60.1 Å². The third-order valence-electron chi connectivity index (χ3n) is 6.70. The van der Waals surface area contributed by atoms with E-state index in [2.05, 4.69) is 15.3 Å². The summed E-state index contributed by atoms with van der Waals surface area (Å²) in [5.41, 5.74) is 0.844. The molecule has 0 spiro atoms. The summed E-state index contributed by atoms with van der Waals surface area (Å²) < 4.78 is 72.8. The van der Waals surface area contributed by atoms with Gasteiger partial charge in [-0.15, -0.1) is 0 Å². The number of aryl methyl sites for hydroxylation is 1. The molecule has 2 heterocycles.